The molecular formula is C22H21N3O4. The maximum atomic E-state index is 12.4. The summed E-state index contributed by atoms with van der Waals surface area (Å²) in [5, 5.41) is 11.6. The van der Waals surface area contributed by atoms with Gasteiger partial charge in [0.15, 0.2) is 6.61 Å². The van der Waals surface area contributed by atoms with E-state index in [0.29, 0.717) is 11.3 Å². The number of amides is 2. The van der Waals surface area contributed by atoms with Crippen molar-refractivity contribution in [2.24, 2.45) is 5.92 Å². The van der Waals surface area contributed by atoms with Crippen LogP contribution < -0.4 is 10.2 Å². The first-order valence-electron chi connectivity index (χ1n) is 9.23. The molecule has 1 atom stereocenters. The Morgan fingerprint density at radius 3 is 2.72 bits per heavy atom. The predicted octanol–water partition coefficient (Wildman–Crippen LogP) is 2.71. The average molecular weight is 391 g/mol. The van der Waals surface area contributed by atoms with Crippen LogP contribution in [0.3, 0.4) is 0 Å². The fraction of sp³-hybridized carbons (Fsp3) is 0.273. The van der Waals surface area contributed by atoms with E-state index in [-0.39, 0.29) is 18.9 Å². The van der Waals surface area contributed by atoms with Crippen LogP contribution in [-0.2, 0) is 19.1 Å². The minimum Gasteiger partial charge on any atom is -0.455 e. The molecule has 1 N–H and O–H groups in total. The Kier molecular flexibility index (Phi) is 5.93. The highest BCUT2D eigenvalue weighted by molar-refractivity contribution is 6.00. The molecule has 2 aromatic rings. The van der Waals surface area contributed by atoms with Gasteiger partial charge in [0.1, 0.15) is 6.07 Å². The smallest absolute Gasteiger partial charge is 0.311 e. The Morgan fingerprint density at radius 1 is 1.21 bits per heavy atom. The van der Waals surface area contributed by atoms with Crippen LogP contribution in [0.5, 0.6) is 0 Å². The number of hydrogen-bond acceptors (Lipinski definition) is 5. The lowest BCUT2D eigenvalue weighted by Crippen LogP contribution is -2.28. The lowest BCUT2D eigenvalue weighted by atomic mass is 10.1. The molecule has 1 saturated heterocycles. The Balaban J connectivity index is 1.58. The number of para-hydroxylation sites is 1. The zero-order valence-corrected chi connectivity index (χ0v) is 16.3. The van der Waals surface area contributed by atoms with Gasteiger partial charge in [-0.3, -0.25) is 14.4 Å². The monoisotopic (exact) mass is 391 g/mol. The van der Waals surface area contributed by atoms with Gasteiger partial charge in [0.25, 0.3) is 5.91 Å². The van der Waals surface area contributed by atoms with Crippen LogP contribution in [0, 0.1) is 31.1 Å². The zero-order valence-electron chi connectivity index (χ0n) is 16.3. The molecule has 1 fully saturated rings. The number of aryl methyl sites for hydroxylation is 1. The Bertz CT molecular complexity index is 1010. The van der Waals surface area contributed by atoms with E-state index < -0.39 is 24.4 Å². The number of hydrogen-bond donors (Lipinski definition) is 1. The molecule has 0 aromatic heterocycles. The topological polar surface area (TPSA) is 99.5 Å². The van der Waals surface area contributed by atoms with E-state index in [1.54, 1.807) is 29.2 Å². The molecular weight excluding hydrogens is 370 g/mol. The van der Waals surface area contributed by atoms with Crippen molar-refractivity contribution in [3.63, 3.8) is 0 Å². The standard InChI is InChI=1S/C22H21N3O4/c1-14-6-5-9-19(15(14)2)25-12-17(10-21(25)27)22(28)29-13-20(26)24-18-8-4-3-7-16(18)11-23/h3-9,17H,10,12-13H2,1-2H3,(H,24,26)/t17-/m0/s1. The van der Waals surface area contributed by atoms with Crippen LogP contribution in [0.4, 0.5) is 11.4 Å². The Morgan fingerprint density at radius 2 is 1.97 bits per heavy atom. The number of benzene rings is 2. The molecule has 2 aromatic carbocycles. The number of carbonyl (C=O) groups excluding carboxylic acids is 3. The zero-order chi connectivity index (χ0) is 21.0. The van der Waals surface area contributed by atoms with Crippen LogP contribution >= 0.6 is 0 Å². The normalized spacial score (nSPS) is 15.7. The summed E-state index contributed by atoms with van der Waals surface area (Å²) < 4.78 is 5.11. The van der Waals surface area contributed by atoms with Gasteiger partial charge in [-0.15, -0.1) is 0 Å². The molecule has 0 spiro atoms. The first-order chi connectivity index (χ1) is 13.9. The van der Waals surface area contributed by atoms with Crippen LogP contribution in [0.15, 0.2) is 42.5 Å². The molecule has 2 amide bonds. The van der Waals surface area contributed by atoms with E-state index in [1.807, 2.05) is 38.1 Å². The molecule has 3 rings (SSSR count). The second kappa shape index (κ2) is 8.57. The second-order valence-corrected chi connectivity index (χ2v) is 6.94. The number of ether oxygens (including phenoxy) is 1. The summed E-state index contributed by atoms with van der Waals surface area (Å²) in [6.07, 6.45) is 0.0467. The van der Waals surface area contributed by atoms with E-state index >= 15 is 0 Å². The van der Waals surface area contributed by atoms with Gasteiger partial charge in [-0.05, 0) is 43.2 Å². The highest BCUT2D eigenvalue weighted by Crippen LogP contribution is 2.29. The molecule has 0 bridgehead atoms. The average Bonchev–Trinajstić information content (AvgIpc) is 3.10. The van der Waals surface area contributed by atoms with E-state index in [9.17, 15) is 14.4 Å². The second-order valence-electron chi connectivity index (χ2n) is 6.94. The highest BCUT2D eigenvalue weighted by atomic mass is 16.5. The Hall–Kier alpha value is -3.66. The molecule has 148 valence electrons. The first-order valence-corrected chi connectivity index (χ1v) is 9.23. The number of anilines is 2. The van der Waals surface area contributed by atoms with Gasteiger partial charge in [-0.1, -0.05) is 24.3 Å². The van der Waals surface area contributed by atoms with Crippen molar-refractivity contribution in [3.8, 4) is 6.07 Å². The molecule has 7 nitrogen and oxygen atoms in total. The minimum atomic E-state index is -0.624. The van der Waals surface area contributed by atoms with Crippen molar-refractivity contribution >= 4 is 29.2 Å². The summed E-state index contributed by atoms with van der Waals surface area (Å²) in [5.41, 5.74) is 3.52. The van der Waals surface area contributed by atoms with Crippen LogP contribution in [0.1, 0.15) is 23.1 Å². The van der Waals surface area contributed by atoms with Crippen molar-refractivity contribution in [1.29, 1.82) is 5.26 Å². The number of esters is 1. The van der Waals surface area contributed by atoms with Gasteiger partial charge in [0.2, 0.25) is 5.91 Å². The maximum Gasteiger partial charge on any atom is 0.311 e. The maximum absolute atomic E-state index is 12.4. The predicted molar refractivity (Wildman–Crippen MR) is 107 cm³/mol. The third-order valence-electron chi connectivity index (χ3n) is 4.99. The molecule has 0 unspecified atom stereocenters. The Labute approximate surface area is 168 Å². The molecule has 1 heterocycles. The molecule has 7 heteroatoms. The number of nitrogens with one attached hydrogen (secondary N) is 1. The van der Waals surface area contributed by atoms with E-state index in [4.69, 9.17) is 10.00 Å². The van der Waals surface area contributed by atoms with Crippen molar-refractivity contribution in [1.82, 2.24) is 0 Å². The van der Waals surface area contributed by atoms with Gasteiger partial charge in [0, 0.05) is 18.7 Å². The van der Waals surface area contributed by atoms with E-state index in [2.05, 4.69) is 5.32 Å². The van der Waals surface area contributed by atoms with Crippen molar-refractivity contribution in [3.05, 3.63) is 59.2 Å². The van der Waals surface area contributed by atoms with Crippen molar-refractivity contribution < 1.29 is 19.1 Å². The van der Waals surface area contributed by atoms with Gasteiger partial charge >= 0.3 is 5.97 Å². The molecule has 1 aliphatic rings. The van der Waals surface area contributed by atoms with Gasteiger partial charge in [-0.25, -0.2) is 0 Å². The van der Waals surface area contributed by atoms with Gasteiger partial charge in [-0.2, -0.15) is 5.26 Å². The summed E-state index contributed by atoms with van der Waals surface area (Å²) in [5.74, 6) is -1.90. The van der Waals surface area contributed by atoms with Gasteiger partial charge < -0.3 is 15.0 Å². The number of nitrogens with zero attached hydrogens (tertiary/aromatic N) is 2. The third-order valence-corrected chi connectivity index (χ3v) is 4.99. The first kappa shape index (κ1) is 20.1. The lowest BCUT2D eigenvalue weighted by Gasteiger charge is -2.20. The van der Waals surface area contributed by atoms with E-state index in [0.717, 1.165) is 16.8 Å². The molecule has 1 aliphatic heterocycles. The van der Waals surface area contributed by atoms with Crippen LogP contribution in [0.25, 0.3) is 0 Å². The fourth-order valence-corrected chi connectivity index (χ4v) is 3.26. The minimum absolute atomic E-state index is 0.0467. The van der Waals surface area contributed by atoms with Crippen LogP contribution in [-0.4, -0.2) is 30.9 Å². The van der Waals surface area contributed by atoms with Crippen LogP contribution in [0.2, 0.25) is 0 Å². The summed E-state index contributed by atoms with van der Waals surface area (Å²) in [6.45, 7) is 3.65. The lowest BCUT2D eigenvalue weighted by molar-refractivity contribution is -0.151. The van der Waals surface area contributed by atoms with Gasteiger partial charge in [0.05, 0.1) is 17.2 Å². The summed E-state index contributed by atoms with van der Waals surface area (Å²) in [6, 6.07) is 14.2. The summed E-state index contributed by atoms with van der Waals surface area (Å²) in [7, 11) is 0. The summed E-state index contributed by atoms with van der Waals surface area (Å²) in [4.78, 5) is 38.4. The number of carbonyl (C=O) groups is 3. The fourth-order valence-electron chi connectivity index (χ4n) is 3.26. The molecule has 29 heavy (non-hydrogen) atoms. The summed E-state index contributed by atoms with van der Waals surface area (Å²) >= 11 is 0. The SMILES string of the molecule is Cc1cccc(N2C[C@@H](C(=O)OCC(=O)Nc3ccccc3C#N)CC2=O)c1C. The molecule has 0 radical (unpaired) electrons. The highest BCUT2D eigenvalue weighted by Gasteiger charge is 2.37. The number of rotatable bonds is 5. The van der Waals surface area contributed by atoms with Crippen molar-refractivity contribution in [2.75, 3.05) is 23.4 Å². The molecule has 0 saturated carbocycles. The van der Waals surface area contributed by atoms with E-state index in [1.165, 1.54) is 0 Å². The third kappa shape index (κ3) is 4.43. The number of nitriles is 1. The van der Waals surface area contributed by atoms with Crippen molar-refractivity contribution in [2.45, 2.75) is 20.3 Å². The largest absolute Gasteiger partial charge is 0.455 e. The molecule has 0 aliphatic carbocycles. The quantitative estimate of drug-likeness (QED) is 0.790.